The molecule has 1 aromatic rings. The number of nitrogens with one attached hydrogen (secondary N) is 2. The Morgan fingerprint density at radius 1 is 1.24 bits per heavy atom. The van der Waals surface area contributed by atoms with Gasteiger partial charge in [-0.3, -0.25) is 9.59 Å². The second-order valence-electron chi connectivity index (χ2n) is 4.14. The number of carbonyl (C=O) groups is 2. The van der Waals surface area contributed by atoms with Gasteiger partial charge in [-0.25, -0.2) is 4.98 Å². The second-order valence-corrected chi connectivity index (χ2v) is 4.14. The van der Waals surface area contributed by atoms with Crippen LogP contribution in [0.2, 0.25) is 0 Å². The summed E-state index contributed by atoms with van der Waals surface area (Å²) in [6.07, 6.45) is 1.26. The van der Waals surface area contributed by atoms with Gasteiger partial charge in [0, 0.05) is 13.0 Å². The molecule has 21 heavy (non-hydrogen) atoms. The van der Waals surface area contributed by atoms with E-state index in [1.807, 2.05) is 0 Å². The molecule has 0 aliphatic heterocycles. The van der Waals surface area contributed by atoms with E-state index in [4.69, 9.17) is 14.9 Å². The number of amides is 1. The Morgan fingerprint density at radius 3 is 2.67 bits per heavy atom. The number of nitrogens with zero attached hydrogens (tertiary/aromatic N) is 1. The monoisotopic (exact) mass is 297 g/mol. The molecule has 0 aromatic carbocycles. The van der Waals surface area contributed by atoms with Gasteiger partial charge >= 0.3 is 5.97 Å². The lowest BCUT2D eigenvalue weighted by Crippen LogP contribution is -2.14. The van der Waals surface area contributed by atoms with Crippen LogP contribution in [-0.4, -0.2) is 53.4 Å². The number of aromatic nitrogens is 1. The Hall–Kier alpha value is -2.19. The quantitative estimate of drug-likeness (QED) is 0.458. The first-order valence-corrected chi connectivity index (χ1v) is 6.52. The number of carboxylic acid groups (broad SMARTS) is 1. The van der Waals surface area contributed by atoms with Gasteiger partial charge in [-0.2, -0.15) is 0 Å². The molecular weight excluding hydrogens is 278 g/mol. The number of aliphatic hydroxyl groups excluding tert-OH is 1. The SMILES string of the molecule is O=C(O)CCC(=O)Nc1ccc(NCCOCCO)cn1. The van der Waals surface area contributed by atoms with E-state index in [1.54, 1.807) is 18.3 Å². The first-order chi connectivity index (χ1) is 10.1. The molecule has 1 heterocycles. The molecule has 8 heteroatoms. The largest absolute Gasteiger partial charge is 0.481 e. The van der Waals surface area contributed by atoms with Crippen molar-refractivity contribution in [1.82, 2.24) is 4.98 Å². The third-order valence-electron chi connectivity index (χ3n) is 2.41. The Kier molecular flexibility index (Phi) is 7.77. The maximum atomic E-state index is 11.4. The number of aliphatic carboxylic acids is 1. The van der Waals surface area contributed by atoms with Crippen molar-refractivity contribution in [3.63, 3.8) is 0 Å². The van der Waals surface area contributed by atoms with Crippen LogP contribution >= 0.6 is 0 Å². The molecule has 1 aromatic heterocycles. The lowest BCUT2D eigenvalue weighted by atomic mass is 10.3. The van der Waals surface area contributed by atoms with E-state index in [2.05, 4.69) is 15.6 Å². The summed E-state index contributed by atoms with van der Waals surface area (Å²) in [6.45, 7) is 1.35. The Labute approximate surface area is 122 Å². The van der Waals surface area contributed by atoms with E-state index in [-0.39, 0.29) is 25.4 Å². The average molecular weight is 297 g/mol. The third kappa shape index (κ3) is 7.85. The first kappa shape index (κ1) is 16.9. The summed E-state index contributed by atoms with van der Waals surface area (Å²) in [6, 6.07) is 3.36. The highest BCUT2D eigenvalue weighted by Crippen LogP contribution is 2.09. The van der Waals surface area contributed by atoms with Gasteiger partial charge in [0.25, 0.3) is 0 Å². The fraction of sp³-hybridized carbons (Fsp3) is 0.462. The van der Waals surface area contributed by atoms with Crippen molar-refractivity contribution in [1.29, 1.82) is 0 Å². The van der Waals surface area contributed by atoms with Crippen LogP contribution < -0.4 is 10.6 Å². The number of anilines is 2. The number of pyridine rings is 1. The lowest BCUT2D eigenvalue weighted by Gasteiger charge is -2.08. The Balaban J connectivity index is 2.29. The summed E-state index contributed by atoms with van der Waals surface area (Å²) in [5.74, 6) is -1.03. The van der Waals surface area contributed by atoms with Crippen LogP contribution in [0.1, 0.15) is 12.8 Å². The molecule has 0 bridgehead atoms. The van der Waals surface area contributed by atoms with E-state index in [0.717, 1.165) is 5.69 Å². The molecule has 8 nitrogen and oxygen atoms in total. The zero-order valence-electron chi connectivity index (χ0n) is 11.5. The maximum Gasteiger partial charge on any atom is 0.303 e. The van der Waals surface area contributed by atoms with Gasteiger partial charge in [-0.15, -0.1) is 0 Å². The van der Waals surface area contributed by atoms with Crippen molar-refractivity contribution in [2.45, 2.75) is 12.8 Å². The molecule has 0 unspecified atom stereocenters. The van der Waals surface area contributed by atoms with E-state index >= 15 is 0 Å². The Morgan fingerprint density at radius 2 is 2.05 bits per heavy atom. The smallest absolute Gasteiger partial charge is 0.303 e. The van der Waals surface area contributed by atoms with Crippen molar-refractivity contribution in [3.05, 3.63) is 18.3 Å². The predicted molar refractivity (Wildman–Crippen MR) is 76.1 cm³/mol. The van der Waals surface area contributed by atoms with Crippen LogP contribution in [-0.2, 0) is 14.3 Å². The highest BCUT2D eigenvalue weighted by Gasteiger charge is 2.06. The molecule has 4 N–H and O–H groups in total. The zero-order chi connectivity index (χ0) is 15.5. The number of aliphatic hydroxyl groups is 1. The standard InChI is InChI=1S/C13H19N3O5/c17-6-8-21-7-5-14-10-1-2-11(15-9-10)16-12(18)3-4-13(19)20/h1-2,9,14,17H,3-8H2,(H,19,20)(H,15,16,18). The van der Waals surface area contributed by atoms with Gasteiger partial charge in [-0.1, -0.05) is 0 Å². The number of rotatable bonds is 10. The van der Waals surface area contributed by atoms with Crippen molar-refractivity contribution < 1.29 is 24.5 Å². The van der Waals surface area contributed by atoms with Gasteiger partial charge in [0.1, 0.15) is 5.82 Å². The number of hydrogen-bond acceptors (Lipinski definition) is 6. The van der Waals surface area contributed by atoms with Crippen LogP contribution in [0.5, 0.6) is 0 Å². The summed E-state index contributed by atoms with van der Waals surface area (Å²) < 4.78 is 5.09. The molecule has 1 rings (SSSR count). The minimum absolute atomic E-state index is 0.00215. The number of carbonyl (C=O) groups excluding carboxylic acids is 1. The number of carboxylic acids is 1. The van der Waals surface area contributed by atoms with Crippen LogP contribution in [0.3, 0.4) is 0 Å². The van der Waals surface area contributed by atoms with E-state index in [0.29, 0.717) is 25.6 Å². The fourth-order valence-electron chi connectivity index (χ4n) is 1.43. The first-order valence-electron chi connectivity index (χ1n) is 6.52. The molecule has 0 saturated heterocycles. The molecule has 0 spiro atoms. The third-order valence-corrected chi connectivity index (χ3v) is 2.41. The highest BCUT2D eigenvalue weighted by atomic mass is 16.5. The van der Waals surface area contributed by atoms with Gasteiger partial charge in [0.15, 0.2) is 0 Å². The van der Waals surface area contributed by atoms with Crippen LogP contribution in [0.4, 0.5) is 11.5 Å². The second kappa shape index (κ2) is 9.67. The molecule has 0 radical (unpaired) electrons. The number of hydrogen-bond donors (Lipinski definition) is 4. The summed E-state index contributed by atoms with van der Waals surface area (Å²) in [4.78, 5) is 25.8. The van der Waals surface area contributed by atoms with Crippen molar-refractivity contribution >= 4 is 23.4 Å². The predicted octanol–water partition coefficient (Wildman–Crippen LogP) is 0.306. The molecule has 0 saturated carbocycles. The molecule has 0 aliphatic rings. The topological polar surface area (TPSA) is 121 Å². The molecule has 0 aliphatic carbocycles. The van der Waals surface area contributed by atoms with E-state index in [9.17, 15) is 9.59 Å². The van der Waals surface area contributed by atoms with Crippen molar-refractivity contribution in [2.75, 3.05) is 37.0 Å². The molecule has 0 fully saturated rings. The summed E-state index contributed by atoms with van der Waals surface area (Å²) in [5.41, 5.74) is 0.770. The van der Waals surface area contributed by atoms with Gasteiger partial charge < -0.3 is 25.6 Å². The van der Waals surface area contributed by atoms with Crippen LogP contribution in [0, 0.1) is 0 Å². The summed E-state index contributed by atoms with van der Waals surface area (Å²) in [7, 11) is 0. The summed E-state index contributed by atoms with van der Waals surface area (Å²) >= 11 is 0. The lowest BCUT2D eigenvalue weighted by molar-refractivity contribution is -0.138. The highest BCUT2D eigenvalue weighted by molar-refractivity contribution is 5.91. The summed E-state index contributed by atoms with van der Waals surface area (Å²) in [5, 5.41) is 22.6. The maximum absolute atomic E-state index is 11.4. The molecular formula is C13H19N3O5. The van der Waals surface area contributed by atoms with Gasteiger partial charge in [0.2, 0.25) is 5.91 Å². The fourth-order valence-corrected chi connectivity index (χ4v) is 1.43. The van der Waals surface area contributed by atoms with Crippen molar-refractivity contribution in [3.8, 4) is 0 Å². The Bertz CT molecular complexity index is 450. The normalized spacial score (nSPS) is 10.1. The van der Waals surface area contributed by atoms with Gasteiger partial charge in [-0.05, 0) is 12.1 Å². The van der Waals surface area contributed by atoms with E-state index in [1.165, 1.54) is 0 Å². The van der Waals surface area contributed by atoms with Gasteiger partial charge in [0.05, 0.1) is 38.1 Å². The van der Waals surface area contributed by atoms with E-state index < -0.39 is 5.97 Å². The van der Waals surface area contributed by atoms with Crippen molar-refractivity contribution in [2.24, 2.45) is 0 Å². The zero-order valence-corrected chi connectivity index (χ0v) is 11.5. The number of ether oxygens (including phenoxy) is 1. The van der Waals surface area contributed by atoms with Crippen LogP contribution in [0.25, 0.3) is 0 Å². The minimum atomic E-state index is -1.01. The molecule has 1 amide bonds. The molecule has 0 atom stereocenters. The van der Waals surface area contributed by atoms with Crippen LogP contribution in [0.15, 0.2) is 18.3 Å². The average Bonchev–Trinajstić information content (AvgIpc) is 2.47. The molecule has 116 valence electrons. The minimum Gasteiger partial charge on any atom is -0.481 e.